The van der Waals surface area contributed by atoms with Crippen LogP contribution in [0, 0.1) is 0 Å². The maximum absolute atomic E-state index is 6.00. The van der Waals surface area contributed by atoms with Gasteiger partial charge in [-0.05, 0) is 43.5 Å². The molecule has 5 N–H and O–H groups in total. The number of hydrogen-bond acceptors (Lipinski definition) is 8. The number of nitrogens with one attached hydrogen (secondary N) is 1. The van der Waals surface area contributed by atoms with Crippen LogP contribution in [-0.4, -0.2) is 44.9 Å². The smallest absolute Gasteiger partial charge is 0.222 e. The number of nitrogens with zero attached hydrogens (tertiary/aromatic N) is 5. The van der Waals surface area contributed by atoms with E-state index in [0.29, 0.717) is 29.3 Å². The summed E-state index contributed by atoms with van der Waals surface area (Å²) in [5.74, 6) is 1.70. The highest BCUT2D eigenvalue weighted by Crippen LogP contribution is 2.29. The molecule has 9 nitrogen and oxygen atoms in total. The molecule has 1 aliphatic rings. The van der Waals surface area contributed by atoms with Crippen LogP contribution in [-0.2, 0) is 6.54 Å². The van der Waals surface area contributed by atoms with E-state index in [1.165, 1.54) is 5.56 Å². The lowest BCUT2D eigenvalue weighted by Crippen LogP contribution is -2.26. The third kappa shape index (κ3) is 3.01. The van der Waals surface area contributed by atoms with Crippen molar-refractivity contribution in [1.29, 1.82) is 0 Å². The van der Waals surface area contributed by atoms with Crippen molar-refractivity contribution >= 4 is 22.8 Å². The topological polar surface area (TPSA) is 130 Å². The predicted octanol–water partition coefficient (Wildman–Crippen LogP) is 0.910. The average Bonchev–Trinajstić information content (AvgIpc) is 3.05. The fourth-order valence-electron chi connectivity index (χ4n) is 3.47. The van der Waals surface area contributed by atoms with Crippen LogP contribution in [0.3, 0.4) is 0 Å². The monoisotopic (exact) mass is 354 g/mol. The lowest BCUT2D eigenvalue weighted by molar-refractivity contribution is 0.400. The molecule has 0 atom stereocenters. The highest BCUT2D eigenvalue weighted by atomic mass is 16.5. The number of nitrogen functional groups attached to an aromatic ring is 2. The largest absolute Gasteiger partial charge is 0.495 e. The number of nitrogens with two attached hydrogens (primary N) is 2. The Labute approximate surface area is 150 Å². The van der Waals surface area contributed by atoms with E-state index in [1.54, 1.807) is 18.0 Å². The number of pyridine rings is 1. The summed E-state index contributed by atoms with van der Waals surface area (Å²) in [4.78, 5) is 12.8. The molecule has 0 saturated carbocycles. The number of piperidine rings is 1. The van der Waals surface area contributed by atoms with Crippen LogP contribution in [0.5, 0.6) is 5.75 Å². The zero-order chi connectivity index (χ0) is 18.1. The van der Waals surface area contributed by atoms with Gasteiger partial charge in [-0.15, -0.1) is 0 Å². The molecule has 0 bridgehead atoms. The Morgan fingerprint density at radius 1 is 1.23 bits per heavy atom. The molecule has 0 spiro atoms. The Balaban J connectivity index is 1.66. The fourth-order valence-corrected chi connectivity index (χ4v) is 3.47. The molecule has 0 aliphatic carbocycles. The SMILES string of the molecule is COc1cc(C2CCNCC2)cnc1Cn1ncc2nc(N)nc(N)c21. The molecule has 0 unspecified atom stereocenters. The van der Waals surface area contributed by atoms with E-state index >= 15 is 0 Å². The Hall–Kier alpha value is -2.94. The second-order valence-corrected chi connectivity index (χ2v) is 6.44. The maximum atomic E-state index is 6.00. The molecule has 0 aromatic carbocycles. The highest BCUT2D eigenvalue weighted by Gasteiger charge is 2.19. The summed E-state index contributed by atoms with van der Waals surface area (Å²) in [5, 5.41) is 7.74. The average molecular weight is 354 g/mol. The molecule has 136 valence electrons. The molecule has 26 heavy (non-hydrogen) atoms. The van der Waals surface area contributed by atoms with Crippen LogP contribution in [0.4, 0.5) is 11.8 Å². The third-order valence-corrected chi connectivity index (χ3v) is 4.81. The van der Waals surface area contributed by atoms with E-state index < -0.39 is 0 Å². The molecule has 9 heteroatoms. The number of aromatic nitrogens is 5. The number of anilines is 2. The van der Waals surface area contributed by atoms with E-state index in [1.807, 2.05) is 6.20 Å². The van der Waals surface area contributed by atoms with Crippen molar-refractivity contribution in [2.45, 2.75) is 25.3 Å². The van der Waals surface area contributed by atoms with Gasteiger partial charge in [-0.3, -0.25) is 9.67 Å². The van der Waals surface area contributed by atoms with Crippen molar-refractivity contribution in [2.75, 3.05) is 31.7 Å². The van der Waals surface area contributed by atoms with Gasteiger partial charge in [0.15, 0.2) is 5.82 Å². The van der Waals surface area contributed by atoms with Gasteiger partial charge in [-0.2, -0.15) is 10.1 Å². The zero-order valence-electron chi connectivity index (χ0n) is 14.6. The van der Waals surface area contributed by atoms with Crippen molar-refractivity contribution in [3.05, 3.63) is 29.7 Å². The first-order chi connectivity index (χ1) is 12.7. The quantitative estimate of drug-likeness (QED) is 0.630. The standard InChI is InChI=1S/C17H22N8O/c1-26-14-6-11(10-2-4-20-5-3-10)7-21-13(14)9-25-15-12(8-22-25)23-17(19)24-16(15)18/h6-8,10,20H,2-5,9H2,1H3,(H4,18,19,23,24). The minimum Gasteiger partial charge on any atom is -0.495 e. The minimum atomic E-state index is 0.136. The van der Waals surface area contributed by atoms with Crippen molar-refractivity contribution in [3.8, 4) is 5.75 Å². The maximum Gasteiger partial charge on any atom is 0.222 e. The van der Waals surface area contributed by atoms with Gasteiger partial charge in [0.1, 0.15) is 22.5 Å². The van der Waals surface area contributed by atoms with Crippen LogP contribution < -0.4 is 21.5 Å². The van der Waals surface area contributed by atoms with Crippen LogP contribution >= 0.6 is 0 Å². The van der Waals surface area contributed by atoms with Crippen LogP contribution in [0.25, 0.3) is 11.0 Å². The first-order valence-electron chi connectivity index (χ1n) is 8.63. The Morgan fingerprint density at radius 2 is 2.04 bits per heavy atom. The second kappa shape index (κ2) is 6.75. The van der Waals surface area contributed by atoms with E-state index in [2.05, 4.69) is 31.4 Å². The minimum absolute atomic E-state index is 0.136. The molecule has 3 aromatic heterocycles. The molecule has 1 aliphatic heterocycles. The van der Waals surface area contributed by atoms with Gasteiger partial charge in [0.25, 0.3) is 0 Å². The molecular formula is C17H22N8O. The van der Waals surface area contributed by atoms with Gasteiger partial charge in [0.2, 0.25) is 5.95 Å². The van der Waals surface area contributed by atoms with E-state index in [4.69, 9.17) is 16.2 Å². The van der Waals surface area contributed by atoms with Crippen molar-refractivity contribution in [1.82, 2.24) is 30.0 Å². The summed E-state index contributed by atoms with van der Waals surface area (Å²) in [7, 11) is 1.66. The van der Waals surface area contributed by atoms with E-state index in [9.17, 15) is 0 Å². The molecule has 4 rings (SSSR count). The predicted molar refractivity (Wildman–Crippen MR) is 98.9 cm³/mol. The lowest BCUT2D eigenvalue weighted by Gasteiger charge is -2.23. The van der Waals surface area contributed by atoms with Crippen molar-refractivity contribution in [3.63, 3.8) is 0 Å². The van der Waals surface area contributed by atoms with Crippen molar-refractivity contribution in [2.24, 2.45) is 0 Å². The number of ether oxygens (including phenoxy) is 1. The van der Waals surface area contributed by atoms with Gasteiger partial charge >= 0.3 is 0 Å². The molecule has 1 saturated heterocycles. The number of hydrogen-bond donors (Lipinski definition) is 3. The summed E-state index contributed by atoms with van der Waals surface area (Å²) in [6.45, 7) is 2.49. The molecular weight excluding hydrogens is 332 g/mol. The third-order valence-electron chi connectivity index (χ3n) is 4.81. The molecule has 3 aromatic rings. The summed E-state index contributed by atoms with van der Waals surface area (Å²) < 4.78 is 7.31. The van der Waals surface area contributed by atoms with Crippen LogP contribution in [0.15, 0.2) is 18.5 Å². The summed E-state index contributed by atoms with van der Waals surface area (Å²) >= 11 is 0. The molecule has 0 amide bonds. The first kappa shape index (κ1) is 16.5. The van der Waals surface area contributed by atoms with Crippen molar-refractivity contribution < 1.29 is 4.74 Å². The highest BCUT2D eigenvalue weighted by molar-refractivity contribution is 5.85. The Morgan fingerprint density at radius 3 is 2.81 bits per heavy atom. The number of rotatable bonds is 4. The first-order valence-corrected chi connectivity index (χ1v) is 8.63. The zero-order valence-corrected chi connectivity index (χ0v) is 14.6. The fraction of sp³-hybridized carbons (Fsp3) is 0.412. The second-order valence-electron chi connectivity index (χ2n) is 6.44. The van der Waals surface area contributed by atoms with Gasteiger partial charge < -0.3 is 21.5 Å². The number of methoxy groups -OCH3 is 1. The van der Waals surface area contributed by atoms with E-state index in [0.717, 1.165) is 37.4 Å². The summed E-state index contributed by atoms with van der Waals surface area (Å²) in [6.07, 6.45) is 5.80. The van der Waals surface area contributed by atoms with Gasteiger partial charge in [0.05, 0.1) is 19.9 Å². The molecule has 1 fully saturated rings. The Kier molecular flexibility index (Phi) is 4.29. The number of fused-ring (bicyclic) bond motifs is 1. The normalized spacial score (nSPS) is 15.4. The molecule has 0 radical (unpaired) electrons. The van der Waals surface area contributed by atoms with Gasteiger partial charge in [0, 0.05) is 6.20 Å². The molecule has 4 heterocycles. The van der Waals surface area contributed by atoms with Crippen LogP contribution in [0.2, 0.25) is 0 Å². The summed E-state index contributed by atoms with van der Waals surface area (Å²) in [5.41, 5.74) is 14.9. The van der Waals surface area contributed by atoms with E-state index in [-0.39, 0.29) is 5.95 Å². The Bertz CT molecular complexity index is 932. The van der Waals surface area contributed by atoms with Gasteiger partial charge in [-0.25, -0.2) is 4.98 Å². The van der Waals surface area contributed by atoms with Gasteiger partial charge in [-0.1, -0.05) is 0 Å². The summed E-state index contributed by atoms with van der Waals surface area (Å²) in [6, 6.07) is 2.09. The lowest BCUT2D eigenvalue weighted by atomic mass is 9.91. The van der Waals surface area contributed by atoms with Crippen LogP contribution in [0.1, 0.15) is 30.0 Å².